The largest absolute Gasteiger partial charge is 0.396 e. The van der Waals surface area contributed by atoms with Crippen molar-refractivity contribution >= 4 is 0 Å². The zero-order valence-corrected chi connectivity index (χ0v) is 15.2. The van der Waals surface area contributed by atoms with E-state index in [9.17, 15) is 5.11 Å². The Kier molecular flexibility index (Phi) is 16.3. The van der Waals surface area contributed by atoms with E-state index >= 15 is 0 Å². The summed E-state index contributed by atoms with van der Waals surface area (Å²) < 4.78 is 0. The van der Waals surface area contributed by atoms with E-state index in [1.807, 2.05) is 0 Å². The number of hydrogen-bond donors (Lipinski definition) is 1. The van der Waals surface area contributed by atoms with Crippen LogP contribution in [0.1, 0.15) is 111 Å². The maximum Gasteiger partial charge on any atom is 0.0459 e. The predicted molar refractivity (Wildman–Crippen MR) is 95.7 cm³/mol. The summed E-state index contributed by atoms with van der Waals surface area (Å²) in [4.78, 5) is 0. The van der Waals surface area contributed by atoms with Crippen LogP contribution in [0, 0.1) is 11.8 Å². The Labute approximate surface area is 134 Å². The van der Waals surface area contributed by atoms with E-state index in [-0.39, 0.29) is 0 Å². The molecule has 128 valence electrons. The van der Waals surface area contributed by atoms with E-state index in [1.54, 1.807) is 0 Å². The highest BCUT2D eigenvalue weighted by Crippen LogP contribution is 2.19. The molecule has 0 amide bonds. The summed E-state index contributed by atoms with van der Waals surface area (Å²) in [5, 5.41) is 9.47. The normalized spacial score (nSPS) is 13.0. The molecule has 1 heteroatoms. The number of hydrogen-bond acceptors (Lipinski definition) is 1. The van der Waals surface area contributed by atoms with Gasteiger partial charge in [0.15, 0.2) is 0 Å². The second-order valence-corrected chi connectivity index (χ2v) is 7.34. The number of unbranched alkanes of at least 4 members (excludes halogenated alkanes) is 9. The lowest BCUT2D eigenvalue weighted by molar-refractivity contribution is 0.204. The summed E-state index contributed by atoms with van der Waals surface area (Å²) >= 11 is 0. The van der Waals surface area contributed by atoms with Crippen molar-refractivity contribution in [3.63, 3.8) is 0 Å². The Balaban J connectivity index is 3.32. The first-order valence-corrected chi connectivity index (χ1v) is 9.81. The van der Waals surface area contributed by atoms with Crippen molar-refractivity contribution in [2.75, 3.05) is 6.61 Å². The smallest absolute Gasteiger partial charge is 0.0459 e. The van der Waals surface area contributed by atoms with Gasteiger partial charge in [0.05, 0.1) is 0 Å². The van der Waals surface area contributed by atoms with Crippen LogP contribution in [0.4, 0.5) is 0 Å². The van der Waals surface area contributed by atoms with Gasteiger partial charge in [-0.15, -0.1) is 0 Å². The maximum absolute atomic E-state index is 9.47. The molecule has 21 heavy (non-hydrogen) atoms. The maximum atomic E-state index is 9.47. The summed E-state index contributed by atoms with van der Waals surface area (Å²) in [7, 11) is 0. The highest BCUT2D eigenvalue weighted by molar-refractivity contribution is 4.59. The van der Waals surface area contributed by atoms with E-state index in [4.69, 9.17) is 0 Å². The lowest BCUT2D eigenvalue weighted by atomic mass is 9.94. The minimum Gasteiger partial charge on any atom is -0.396 e. The molecule has 1 nitrogen and oxygen atoms in total. The molecule has 0 heterocycles. The average molecular weight is 299 g/mol. The van der Waals surface area contributed by atoms with Gasteiger partial charge in [0.2, 0.25) is 0 Å². The molecular formula is C20H42O. The third-order valence-corrected chi connectivity index (χ3v) is 4.62. The van der Waals surface area contributed by atoms with E-state index < -0.39 is 0 Å². The summed E-state index contributed by atoms with van der Waals surface area (Å²) in [5.74, 6) is 1.44. The molecule has 0 aliphatic rings. The molecule has 0 fully saturated rings. The van der Waals surface area contributed by atoms with Crippen LogP contribution in [0.25, 0.3) is 0 Å². The lowest BCUT2D eigenvalue weighted by Crippen LogP contribution is -2.06. The number of aliphatic hydroxyl groups is 1. The van der Waals surface area contributed by atoms with Crippen molar-refractivity contribution in [1.82, 2.24) is 0 Å². The van der Waals surface area contributed by atoms with Crippen LogP contribution in [0.3, 0.4) is 0 Å². The Morgan fingerprint density at radius 1 is 0.619 bits per heavy atom. The van der Waals surface area contributed by atoms with Crippen LogP contribution in [-0.4, -0.2) is 11.7 Å². The molecule has 0 aromatic heterocycles. The van der Waals surface area contributed by atoms with Gasteiger partial charge in [0.25, 0.3) is 0 Å². The molecule has 0 saturated carbocycles. The molecule has 0 spiro atoms. The van der Waals surface area contributed by atoms with Crippen molar-refractivity contribution in [1.29, 1.82) is 0 Å². The molecule has 0 aromatic rings. The van der Waals surface area contributed by atoms with Crippen LogP contribution in [0.15, 0.2) is 0 Å². The third kappa shape index (κ3) is 16.2. The third-order valence-electron chi connectivity index (χ3n) is 4.62. The van der Waals surface area contributed by atoms with Gasteiger partial charge in [0, 0.05) is 6.61 Å². The average Bonchev–Trinajstić information content (AvgIpc) is 2.47. The summed E-state index contributed by atoms with van der Waals surface area (Å²) in [5.41, 5.74) is 0. The van der Waals surface area contributed by atoms with Crippen molar-refractivity contribution in [2.45, 2.75) is 111 Å². The monoisotopic (exact) mass is 298 g/mol. The Morgan fingerprint density at radius 2 is 1.05 bits per heavy atom. The van der Waals surface area contributed by atoms with Gasteiger partial charge >= 0.3 is 0 Å². The number of rotatable bonds is 16. The first-order valence-electron chi connectivity index (χ1n) is 9.81. The van der Waals surface area contributed by atoms with Crippen molar-refractivity contribution < 1.29 is 5.11 Å². The summed E-state index contributed by atoms with van der Waals surface area (Å²) in [6.07, 6.45) is 19.0. The molecule has 0 rings (SSSR count). The second-order valence-electron chi connectivity index (χ2n) is 7.34. The van der Waals surface area contributed by atoms with Crippen LogP contribution < -0.4 is 0 Å². The van der Waals surface area contributed by atoms with Crippen LogP contribution in [-0.2, 0) is 0 Å². The molecule has 0 aliphatic heterocycles. The quantitative estimate of drug-likeness (QED) is 0.313. The topological polar surface area (TPSA) is 20.2 Å². The number of aliphatic hydroxyl groups excluding tert-OH is 1. The van der Waals surface area contributed by atoms with Gasteiger partial charge in [-0.25, -0.2) is 0 Å². The van der Waals surface area contributed by atoms with Gasteiger partial charge in [-0.2, -0.15) is 0 Å². The summed E-state index contributed by atoms with van der Waals surface area (Å²) in [6, 6.07) is 0. The van der Waals surface area contributed by atoms with Crippen LogP contribution in [0.5, 0.6) is 0 Å². The molecule has 0 saturated heterocycles. The molecule has 1 unspecified atom stereocenters. The van der Waals surface area contributed by atoms with Gasteiger partial charge in [-0.05, 0) is 24.7 Å². The second kappa shape index (κ2) is 16.3. The van der Waals surface area contributed by atoms with Gasteiger partial charge < -0.3 is 5.11 Å². The minimum atomic E-state index is 0.405. The van der Waals surface area contributed by atoms with E-state index in [1.165, 1.54) is 89.9 Å². The van der Waals surface area contributed by atoms with Crippen molar-refractivity contribution in [3.8, 4) is 0 Å². The van der Waals surface area contributed by atoms with E-state index in [0.29, 0.717) is 12.5 Å². The fourth-order valence-electron chi connectivity index (χ4n) is 3.06. The first-order chi connectivity index (χ1) is 10.2. The van der Waals surface area contributed by atoms with Crippen LogP contribution >= 0.6 is 0 Å². The first kappa shape index (κ1) is 21.0. The Morgan fingerprint density at radius 3 is 1.48 bits per heavy atom. The standard InChI is InChI=1S/C20H42O/c1-4-5-6-7-10-13-16-20(18-21)17-14-11-8-9-12-15-19(2)3/h19-21H,4-18H2,1-3H3. The highest BCUT2D eigenvalue weighted by atomic mass is 16.3. The molecule has 0 bridgehead atoms. The van der Waals surface area contributed by atoms with E-state index in [0.717, 1.165) is 5.92 Å². The van der Waals surface area contributed by atoms with Crippen molar-refractivity contribution in [2.24, 2.45) is 11.8 Å². The van der Waals surface area contributed by atoms with Crippen LogP contribution in [0.2, 0.25) is 0 Å². The van der Waals surface area contributed by atoms with E-state index in [2.05, 4.69) is 20.8 Å². The fourth-order valence-corrected chi connectivity index (χ4v) is 3.06. The molecule has 1 N–H and O–H groups in total. The molecule has 0 aliphatic carbocycles. The zero-order chi connectivity index (χ0) is 15.8. The fraction of sp³-hybridized carbons (Fsp3) is 1.00. The molecule has 1 atom stereocenters. The van der Waals surface area contributed by atoms with Gasteiger partial charge in [-0.1, -0.05) is 97.8 Å². The SMILES string of the molecule is CCCCCCCCC(CO)CCCCCCCC(C)C. The zero-order valence-electron chi connectivity index (χ0n) is 15.2. The van der Waals surface area contributed by atoms with Gasteiger partial charge in [-0.3, -0.25) is 0 Å². The van der Waals surface area contributed by atoms with Gasteiger partial charge in [0.1, 0.15) is 0 Å². The van der Waals surface area contributed by atoms with Crippen molar-refractivity contribution in [3.05, 3.63) is 0 Å². The highest BCUT2D eigenvalue weighted by Gasteiger charge is 2.06. The summed E-state index contributed by atoms with van der Waals surface area (Å²) in [6.45, 7) is 7.30. The Hall–Kier alpha value is -0.0400. The molecule has 0 radical (unpaired) electrons. The molecular weight excluding hydrogens is 256 g/mol. The lowest BCUT2D eigenvalue weighted by Gasteiger charge is -2.13. The molecule has 0 aromatic carbocycles. The predicted octanol–water partition coefficient (Wildman–Crippen LogP) is 6.73. The Bertz CT molecular complexity index is 188. The minimum absolute atomic E-state index is 0.405.